The second kappa shape index (κ2) is 7.08. The SMILES string of the molecule is CC(C)c1ccc(C(=O)NC2CCN(C(C)C)CC2)cc1. The maximum Gasteiger partial charge on any atom is 0.251 e. The van der Waals surface area contributed by atoms with Crippen molar-refractivity contribution >= 4 is 5.91 Å². The van der Waals surface area contributed by atoms with Gasteiger partial charge in [0, 0.05) is 30.7 Å². The molecule has 1 saturated heterocycles. The highest BCUT2D eigenvalue weighted by Gasteiger charge is 2.22. The molecule has 0 aliphatic carbocycles. The molecular formula is C18H28N2O. The molecule has 1 aliphatic heterocycles. The van der Waals surface area contributed by atoms with Gasteiger partial charge < -0.3 is 10.2 Å². The summed E-state index contributed by atoms with van der Waals surface area (Å²) in [5, 5.41) is 3.18. The molecule has 1 aliphatic rings. The summed E-state index contributed by atoms with van der Waals surface area (Å²) in [5.41, 5.74) is 2.04. The number of carbonyl (C=O) groups is 1. The van der Waals surface area contributed by atoms with E-state index in [0.29, 0.717) is 18.0 Å². The highest BCUT2D eigenvalue weighted by molar-refractivity contribution is 5.94. The van der Waals surface area contributed by atoms with E-state index in [1.54, 1.807) is 0 Å². The third-order valence-corrected chi connectivity index (χ3v) is 4.43. The van der Waals surface area contributed by atoms with Crippen molar-refractivity contribution < 1.29 is 4.79 Å². The van der Waals surface area contributed by atoms with E-state index >= 15 is 0 Å². The quantitative estimate of drug-likeness (QED) is 0.921. The summed E-state index contributed by atoms with van der Waals surface area (Å²) in [5.74, 6) is 0.566. The monoisotopic (exact) mass is 288 g/mol. The van der Waals surface area contributed by atoms with Crippen molar-refractivity contribution in [1.82, 2.24) is 10.2 Å². The molecule has 0 radical (unpaired) electrons. The van der Waals surface area contributed by atoms with Crippen LogP contribution in [0.25, 0.3) is 0 Å². The van der Waals surface area contributed by atoms with Crippen LogP contribution in [0.15, 0.2) is 24.3 Å². The summed E-state index contributed by atoms with van der Waals surface area (Å²) < 4.78 is 0. The van der Waals surface area contributed by atoms with Crippen molar-refractivity contribution in [3.63, 3.8) is 0 Å². The first-order chi connectivity index (χ1) is 9.97. The summed E-state index contributed by atoms with van der Waals surface area (Å²) in [4.78, 5) is 14.8. The number of hydrogen-bond donors (Lipinski definition) is 1. The molecule has 0 unspecified atom stereocenters. The number of nitrogens with one attached hydrogen (secondary N) is 1. The molecule has 1 heterocycles. The topological polar surface area (TPSA) is 32.3 Å². The van der Waals surface area contributed by atoms with Crippen molar-refractivity contribution in [3.8, 4) is 0 Å². The van der Waals surface area contributed by atoms with Gasteiger partial charge in [0.1, 0.15) is 0 Å². The van der Waals surface area contributed by atoms with Crippen LogP contribution in [0.4, 0.5) is 0 Å². The summed E-state index contributed by atoms with van der Waals surface area (Å²) >= 11 is 0. The fourth-order valence-electron chi connectivity index (χ4n) is 2.85. The number of hydrogen-bond acceptors (Lipinski definition) is 2. The summed E-state index contributed by atoms with van der Waals surface area (Å²) in [6, 6.07) is 8.91. The Balaban J connectivity index is 1.87. The summed E-state index contributed by atoms with van der Waals surface area (Å²) in [6.07, 6.45) is 2.10. The smallest absolute Gasteiger partial charge is 0.251 e. The third kappa shape index (κ3) is 4.31. The Morgan fingerprint density at radius 1 is 1.10 bits per heavy atom. The number of carbonyl (C=O) groups excluding carboxylic acids is 1. The molecule has 3 heteroatoms. The van der Waals surface area contributed by atoms with Gasteiger partial charge in [0.05, 0.1) is 0 Å². The van der Waals surface area contributed by atoms with Gasteiger partial charge in [0.15, 0.2) is 0 Å². The van der Waals surface area contributed by atoms with Gasteiger partial charge in [-0.3, -0.25) is 4.79 Å². The summed E-state index contributed by atoms with van der Waals surface area (Å²) in [7, 11) is 0. The highest BCUT2D eigenvalue weighted by atomic mass is 16.1. The van der Waals surface area contributed by atoms with Crippen LogP contribution in [0.2, 0.25) is 0 Å². The lowest BCUT2D eigenvalue weighted by Gasteiger charge is -2.34. The number of benzene rings is 1. The standard InChI is InChI=1S/C18H28N2O/c1-13(2)15-5-7-16(8-6-15)18(21)19-17-9-11-20(12-10-17)14(3)4/h5-8,13-14,17H,9-12H2,1-4H3,(H,19,21). The number of nitrogens with zero attached hydrogens (tertiary/aromatic N) is 1. The van der Waals surface area contributed by atoms with Crippen LogP contribution in [0.5, 0.6) is 0 Å². The van der Waals surface area contributed by atoms with Gasteiger partial charge in [-0.2, -0.15) is 0 Å². The molecule has 1 amide bonds. The third-order valence-electron chi connectivity index (χ3n) is 4.43. The van der Waals surface area contributed by atoms with Crippen molar-refractivity contribution in [2.45, 2.75) is 58.5 Å². The Hall–Kier alpha value is -1.35. The molecule has 0 saturated carbocycles. The molecule has 21 heavy (non-hydrogen) atoms. The van der Waals surface area contributed by atoms with Crippen LogP contribution in [0, 0.1) is 0 Å². The van der Waals surface area contributed by atoms with Gasteiger partial charge in [-0.1, -0.05) is 26.0 Å². The van der Waals surface area contributed by atoms with Gasteiger partial charge in [-0.05, 0) is 50.3 Å². The first-order valence-corrected chi connectivity index (χ1v) is 8.12. The Bertz CT molecular complexity index is 457. The van der Waals surface area contributed by atoms with E-state index in [1.807, 2.05) is 12.1 Å². The zero-order valence-electron chi connectivity index (χ0n) is 13.7. The Morgan fingerprint density at radius 3 is 2.14 bits per heavy atom. The minimum Gasteiger partial charge on any atom is -0.349 e. The predicted octanol–water partition coefficient (Wildman–Crippen LogP) is 3.41. The number of amides is 1. The number of likely N-dealkylation sites (tertiary alicyclic amines) is 1. The van der Waals surface area contributed by atoms with Gasteiger partial charge in [-0.25, -0.2) is 0 Å². The first-order valence-electron chi connectivity index (χ1n) is 8.12. The molecule has 0 aromatic heterocycles. The first kappa shape index (κ1) is 16.0. The van der Waals surface area contributed by atoms with E-state index in [9.17, 15) is 4.79 Å². The van der Waals surface area contributed by atoms with Crippen molar-refractivity contribution in [1.29, 1.82) is 0 Å². The lowest BCUT2D eigenvalue weighted by molar-refractivity contribution is 0.0900. The fraction of sp³-hybridized carbons (Fsp3) is 0.611. The number of rotatable bonds is 4. The predicted molar refractivity (Wildman–Crippen MR) is 87.7 cm³/mol. The van der Waals surface area contributed by atoms with Crippen molar-refractivity contribution in [2.24, 2.45) is 0 Å². The van der Waals surface area contributed by atoms with E-state index < -0.39 is 0 Å². The Morgan fingerprint density at radius 2 is 1.67 bits per heavy atom. The molecule has 0 bridgehead atoms. The molecule has 1 aromatic rings. The molecule has 1 aromatic carbocycles. The molecule has 3 nitrogen and oxygen atoms in total. The second-order valence-electron chi connectivity index (χ2n) is 6.65. The van der Waals surface area contributed by atoms with Crippen molar-refractivity contribution in [2.75, 3.05) is 13.1 Å². The van der Waals surface area contributed by atoms with E-state index in [1.165, 1.54) is 5.56 Å². The fourth-order valence-corrected chi connectivity index (χ4v) is 2.85. The molecule has 2 rings (SSSR count). The molecule has 1 N–H and O–H groups in total. The molecular weight excluding hydrogens is 260 g/mol. The normalized spacial score (nSPS) is 17.4. The van der Waals surface area contributed by atoms with Crippen molar-refractivity contribution in [3.05, 3.63) is 35.4 Å². The van der Waals surface area contributed by atoms with Gasteiger partial charge in [-0.15, -0.1) is 0 Å². The van der Waals surface area contributed by atoms with E-state index in [2.05, 4.69) is 50.0 Å². The maximum absolute atomic E-state index is 12.3. The largest absolute Gasteiger partial charge is 0.349 e. The Labute approximate surface area is 128 Å². The average Bonchev–Trinajstić information content (AvgIpc) is 2.47. The van der Waals surface area contributed by atoms with E-state index in [-0.39, 0.29) is 5.91 Å². The molecule has 1 fully saturated rings. The maximum atomic E-state index is 12.3. The second-order valence-corrected chi connectivity index (χ2v) is 6.65. The lowest BCUT2D eigenvalue weighted by Crippen LogP contribution is -2.46. The molecule has 0 atom stereocenters. The lowest BCUT2D eigenvalue weighted by atomic mass is 10.0. The van der Waals surface area contributed by atoms with Crippen LogP contribution in [-0.2, 0) is 0 Å². The molecule has 0 spiro atoms. The highest BCUT2D eigenvalue weighted by Crippen LogP contribution is 2.16. The minimum atomic E-state index is 0.0632. The van der Waals surface area contributed by atoms with Crippen LogP contribution in [0.3, 0.4) is 0 Å². The van der Waals surface area contributed by atoms with Crippen LogP contribution >= 0.6 is 0 Å². The van der Waals surface area contributed by atoms with Crippen LogP contribution < -0.4 is 5.32 Å². The average molecular weight is 288 g/mol. The van der Waals surface area contributed by atoms with E-state index in [0.717, 1.165) is 31.5 Å². The molecule has 116 valence electrons. The van der Waals surface area contributed by atoms with Crippen LogP contribution in [-0.4, -0.2) is 36.0 Å². The zero-order valence-corrected chi connectivity index (χ0v) is 13.7. The Kier molecular flexibility index (Phi) is 5.40. The van der Waals surface area contributed by atoms with Gasteiger partial charge >= 0.3 is 0 Å². The number of piperidine rings is 1. The van der Waals surface area contributed by atoms with Crippen LogP contribution in [0.1, 0.15) is 62.4 Å². The van der Waals surface area contributed by atoms with Gasteiger partial charge in [0.2, 0.25) is 0 Å². The zero-order chi connectivity index (χ0) is 15.4. The minimum absolute atomic E-state index is 0.0632. The van der Waals surface area contributed by atoms with Gasteiger partial charge in [0.25, 0.3) is 5.91 Å². The van der Waals surface area contributed by atoms with E-state index in [4.69, 9.17) is 0 Å². The summed E-state index contributed by atoms with van der Waals surface area (Å²) in [6.45, 7) is 10.9.